The van der Waals surface area contributed by atoms with Gasteiger partial charge in [0.25, 0.3) is 0 Å². The normalized spacial score (nSPS) is 11.3. The van der Waals surface area contributed by atoms with Crippen LogP contribution < -0.4 is 10.5 Å². The van der Waals surface area contributed by atoms with Gasteiger partial charge in [0, 0.05) is 10.6 Å². The van der Waals surface area contributed by atoms with Crippen molar-refractivity contribution in [2.75, 3.05) is 11.5 Å². The van der Waals surface area contributed by atoms with Crippen LogP contribution >= 0.6 is 11.8 Å². The number of benzene rings is 2. The molecule has 2 nitrogen and oxygen atoms in total. The predicted octanol–water partition coefficient (Wildman–Crippen LogP) is 4.72. The van der Waals surface area contributed by atoms with Crippen LogP contribution in [0.15, 0.2) is 53.4 Å². The first-order valence-corrected chi connectivity index (χ1v) is 6.74. The maximum atomic E-state index is 12.1. The molecule has 0 bridgehead atoms. The Morgan fingerprint density at radius 1 is 0.900 bits per heavy atom. The summed E-state index contributed by atoms with van der Waals surface area (Å²) in [5, 5.41) is 0. The lowest BCUT2D eigenvalue weighted by molar-refractivity contribution is -0.105. The molecule has 106 valence electrons. The summed E-state index contributed by atoms with van der Waals surface area (Å²) in [5.41, 5.74) is 6.19. The van der Waals surface area contributed by atoms with E-state index in [1.807, 2.05) is 0 Å². The van der Waals surface area contributed by atoms with Crippen molar-refractivity contribution in [1.82, 2.24) is 0 Å². The van der Waals surface area contributed by atoms with E-state index in [0.29, 0.717) is 22.1 Å². The van der Waals surface area contributed by atoms with E-state index in [-0.39, 0.29) is 0 Å². The number of nitrogen functional groups attached to an aromatic ring is 1. The van der Waals surface area contributed by atoms with Crippen molar-refractivity contribution in [2.24, 2.45) is 0 Å². The van der Waals surface area contributed by atoms with Crippen molar-refractivity contribution < 1.29 is 17.9 Å². The van der Waals surface area contributed by atoms with Crippen molar-refractivity contribution in [3.05, 3.63) is 48.5 Å². The zero-order valence-electron chi connectivity index (χ0n) is 10.4. The number of hydrogen-bond donors (Lipinski definition) is 1. The molecular formula is C14H12F3NOS. The Morgan fingerprint density at radius 3 is 1.90 bits per heavy atom. The molecule has 0 spiro atoms. The van der Waals surface area contributed by atoms with Gasteiger partial charge in [-0.3, -0.25) is 0 Å². The van der Waals surface area contributed by atoms with E-state index >= 15 is 0 Å². The van der Waals surface area contributed by atoms with Gasteiger partial charge in [-0.25, -0.2) is 0 Å². The van der Waals surface area contributed by atoms with Gasteiger partial charge >= 0.3 is 6.18 Å². The summed E-state index contributed by atoms with van der Waals surface area (Å²) in [6, 6.07) is 13.3. The second-order valence-corrected chi connectivity index (χ2v) is 5.10. The van der Waals surface area contributed by atoms with Crippen LogP contribution in [0.2, 0.25) is 0 Å². The lowest BCUT2D eigenvalue weighted by atomic mass is 10.3. The molecule has 20 heavy (non-hydrogen) atoms. The Balaban J connectivity index is 1.96. The van der Waals surface area contributed by atoms with Gasteiger partial charge in [-0.2, -0.15) is 13.2 Å². The van der Waals surface area contributed by atoms with Gasteiger partial charge in [0.1, 0.15) is 11.5 Å². The zero-order valence-corrected chi connectivity index (χ0v) is 11.2. The summed E-state index contributed by atoms with van der Waals surface area (Å²) >= 11 is 0.747. The third kappa shape index (κ3) is 4.70. The van der Waals surface area contributed by atoms with Crippen LogP contribution in [0.4, 0.5) is 18.9 Å². The molecule has 6 heteroatoms. The number of nitrogens with two attached hydrogens (primary N) is 1. The van der Waals surface area contributed by atoms with Crippen molar-refractivity contribution in [3.63, 3.8) is 0 Å². The number of ether oxygens (including phenoxy) is 1. The standard InChI is InChI=1S/C14H12F3NOS/c15-14(16,17)9-20-13-7-5-12(6-8-13)19-11-3-1-10(18)2-4-11/h1-8H,9,18H2. The molecule has 0 unspecified atom stereocenters. The molecule has 0 aromatic heterocycles. The number of hydrogen-bond acceptors (Lipinski definition) is 3. The van der Waals surface area contributed by atoms with Crippen molar-refractivity contribution >= 4 is 17.4 Å². The molecule has 2 aromatic carbocycles. The lowest BCUT2D eigenvalue weighted by Crippen LogP contribution is -2.10. The second-order valence-electron chi connectivity index (χ2n) is 4.05. The van der Waals surface area contributed by atoms with Gasteiger partial charge in [0.05, 0.1) is 5.75 Å². The topological polar surface area (TPSA) is 35.2 Å². The monoisotopic (exact) mass is 299 g/mol. The highest BCUT2D eigenvalue weighted by Gasteiger charge is 2.27. The minimum absolute atomic E-state index is 0.548. The van der Waals surface area contributed by atoms with Crippen LogP contribution in [0, 0.1) is 0 Å². The average Bonchev–Trinajstić information content (AvgIpc) is 2.40. The number of halogens is 3. The Bertz CT molecular complexity index is 552. The third-order valence-corrected chi connectivity index (χ3v) is 3.42. The molecule has 0 atom stereocenters. The molecule has 0 radical (unpaired) electrons. The summed E-state index contributed by atoms with van der Waals surface area (Å²) in [7, 11) is 0. The molecule has 0 heterocycles. The molecule has 0 saturated carbocycles. The zero-order chi connectivity index (χ0) is 14.6. The van der Waals surface area contributed by atoms with E-state index in [9.17, 15) is 13.2 Å². The smallest absolute Gasteiger partial charge is 0.398 e. The fourth-order valence-electron chi connectivity index (χ4n) is 1.44. The molecule has 2 N–H and O–H groups in total. The van der Waals surface area contributed by atoms with Crippen LogP contribution in [0.3, 0.4) is 0 Å². The van der Waals surface area contributed by atoms with Gasteiger partial charge in [-0.1, -0.05) is 0 Å². The van der Waals surface area contributed by atoms with Gasteiger partial charge in [-0.05, 0) is 48.5 Å². The Hall–Kier alpha value is -1.82. The maximum absolute atomic E-state index is 12.1. The fourth-order valence-corrected chi connectivity index (χ4v) is 2.10. The quantitative estimate of drug-likeness (QED) is 0.655. The highest BCUT2D eigenvalue weighted by Crippen LogP contribution is 2.29. The largest absolute Gasteiger partial charge is 0.457 e. The summed E-state index contributed by atoms with van der Waals surface area (Å²) in [6.07, 6.45) is -4.16. The van der Waals surface area contributed by atoms with Gasteiger partial charge in [-0.15, -0.1) is 11.8 Å². The average molecular weight is 299 g/mol. The molecule has 0 aliphatic rings. The second kappa shape index (κ2) is 6.09. The summed E-state index contributed by atoms with van der Waals surface area (Å²) in [5.74, 6) is 0.284. The van der Waals surface area contributed by atoms with E-state index in [0.717, 1.165) is 11.8 Å². The highest BCUT2D eigenvalue weighted by molar-refractivity contribution is 7.99. The van der Waals surface area contributed by atoms with Crippen molar-refractivity contribution in [2.45, 2.75) is 11.1 Å². The van der Waals surface area contributed by atoms with Gasteiger partial charge in [0.15, 0.2) is 0 Å². The SMILES string of the molecule is Nc1ccc(Oc2ccc(SCC(F)(F)F)cc2)cc1. The number of thioether (sulfide) groups is 1. The van der Waals surface area contributed by atoms with E-state index in [1.165, 1.54) is 0 Å². The van der Waals surface area contributed by atoms with Crippen molar-refractivity contribution in [3.8, 4) is 11.5 Å². The van der Waals surface area contributed by atoms with E-state index in [2.05, 4.69) is 0 Å². The van der Waals surface area contributed by atoms with Gasteiger partial charge in [0.2, 0.25) is 0 Å². The van der Waals surface area contributed by atoms with E-state index in [1.54, 1.807) is 48.5 Å². The Kier molecular flexibility index (Phi) is 4.44. The predicted molar refractivity (Wildman–Crippen MR) is 74.1 cm³/mol. The molecule has 0 amide bonds. The van der Waals surface area contributed by atoms with Crippen LogP contribution in [0.25, 0.3) is 0 Å². The lowest BCUT2D eigenvalue weighted by Gasteiger charge is -2.08. The first-order valence-electron chi connectivity index (χ1n) is 5.75. The van der Waals surface area contributed by atoms with Crippen molar-refractivity contribution in [1.29, 1.82) is 0 Å². The van der Waals surface area contributed by atoms with E-state index < -0.39 is 11.9 Å². The van der Waals surface area contributed by atoms with Crippen LogP contribution in [0.5, 0.6) is 11.5 Å². The number of rotatable bonds is 4. The van der Waals surface area contributed by atoms with Crippen LogP contribution in [-0.2, 0) is 0 Å². The summed E-state index contributed by atoms with van der Waals surface area (Å²) in [6.45, 7) is 0. The summed E-state index contributed by atoms with van der Waals surface area (Å²) < 4.78 is 41.8. The molecule has 0 saturated heterocycles. The minimum atomic E-state index is -4.16. The Morgan fingerprint density at radius 2 is 1.40 bits per heavy atom. The molecule has 2 rings (SSSR count). The minimum Gasteiger partial charge on any atom is -0.457 e. The van der Waals surface area contributed by atoms with E-state index in [4.69, 9.17) is 10.5 Å². The first kappa shape index (κ1) is 14.6. The number of alkyl halides is 3. The molecule has 0 aliphatic carbocycles. The van der Waals surface area contributed by atoms with Crippen LogP contribution in [0.1, 0.15) is 0 Å². The summed E-state index contributed by atoms with van der Waals surface area (Å²) in [4.78, 5) is 0.548. The maximum Gasteiger partial charge on any atom is 0.398 e. The fraction of sp³-hybridized carbons (Fsp3) is 0.143. The van der Waals surface area contributed by atoms with Gasteiger partial charge < -0.3 is 10.5 Å². The Labute approximate surface area is 118 Å². The molecule has 0 aliphatic heterocycles. The number of anilines is 1. The highest BCUT2D eigenvalue weighted by atomic mass is 32.2. The molecular weight excluding hydrogens is 287 g/mol. The third-order valence-electron chi connectivity index (χ3n) is 2.34. The first-order chi connectivity index (χ1) is 9.42. The van der Waals surface area contributed by atoms with Crippen LogP contribution in [-0.4, -0.2) is 11.9 Å². The molecule has 0 fully saturated rings. The molecule has 2 aromatic rings.